The van der Waals surface area contributed by atoms with Gasteiger partial charge in [-0.25, -0.2) is 0 Å². The van der Waals surface area contributed by atoms with Crippen LogP contribution in [0.1, 0.15) is 11.7 Å². The minimum absolute atomic E-state index is 0.196. The topological polar surface area (TPSA) is 98.6 Å². The Morgan fingerprint density at radius 1 is 1.62 bits per heavy atom. The summed E-state index contributed by atoms with van der Waals surface area (Å²) >= 11 is 0. The lowest BCUT2D eigenvalue weighted by Gasteiger charge is -2.02. The summed E-state index contributed by atoms with van der Waals surface area (Å²) in [7, 11) is 1.52. The number of carbonyl (C=O) groups is 1. The van der Waals surface area contributed by atoms with Crippen LogP contribution in [0.3, 0.4) is 0 Å². The second-order valence-electron chi connectivity index (χ2n) is 3.25. The van der Waals surface area contributed by atoms with Crippen LogP contribution in [0.5, 0.6) is 5.75 Å². The molecule has 0 unspecified atom stereocenters. The monoisotopic (exact) mass is 222 g/mol. The number of hydrogen-bond acceptors (Lipinski definition) is 5. The van der Waals surface area contributed by atoms with Crippen molar-refractivity contribution in [1.29, 1.82) is 0 Å². The van der Waals surface area contributed by atoms with Crippen LogP contribution in [0.2, 0.25) is 0 Å². The molecule has 3 N–H and O–H groups in total. The largest absolute Gasteiger partial charge is 0.497 e. The molecule has 0 fully saturated rings. The number of nitrogens with zero attached hydrogens (tertiary/aromatic N) is 1. The number of benzene rings is 1. The van der Waals surface area contributed by atoms with Gasteiger partial charge >= 0.3 is 5.97 Å². The third kappa shape index (κ3) is 1.59. The number of aliphatic carboxylic acids is 1. The first-order chi connectivity index (χ1) is 7.63. The van der Waals surface area contributed by atoms with E-state index in [0.29, 0.717) is 16.7 Å². The Morgan fingerprint density at radius 3 is 3.00 bits per heavy atom. The third-order valence-electron chi connectivity index (χ3n) is 2.27. The van der Waals surface area contributed by atoms with Gasteiger partial charge in [0.05, 0.1) is 12.5 Å². The maximum Gasteiger partial charge on any atom is 0.326 e. The number of hydrogen-bond donors (Lipinski definition) is 2. The van der Waals surface area contributed by atoms with Crippen LogP contribution in [-0.4, -0.2) is 23.3 Å². The van der Waals surface area contributed by atoms with E-state index in [1.165, 1.54) is 7.11 Å². The number of nitrogens with two attached hydrogens (primary N) is 1. The molecule has 1 heterocycles. The van der Waals surface area contributed by atoms with Crippen LogP contribution >= 0.6 is 0 Å². The Labute approximate surface area is 90.6 Å². The lowest BCUT2D eigenvalue weighted by Crippen LogP contribution is -2.21. The molecule has 0 spiro atoms. The Morgan fingerprint density at radius 2 is 2.38 bits per heavy atom. The lowest BCUT2D eigenvalue weighted by molar-refractivity contribution is -0.138. The molecule has 1 aromatic heterocycles. The van der Waals surface area contributed by atoms with Crippen LogP contribution in [0.25, 0.3) is 11.0 Å². The molecule has 0 aliphatic carbocycles. The van der Waals surface area contributed by atoms with E-state index < -0.39 is 12.0 Å². The number of methoxy groups -OCH3 is 1. The second kappa shape index (κ2) is 3.82. The quantitative estimate of drug-likeness (QED) is 0.801. The highest BCUT2D eigenvalue weighted by Gasteiger charge is 2.21. The molecule has 6 nitrogen and oxygen atoms in total. The SMILES string of the molecule is COc1ccc2onc([C@H](N)C(=O)O)c2c1. The van der Waals surface area contributed by atoms with E-state index in [-0.39, 0.29) is 5.69 Å². The Kier molecular flexibility index (Phi) is 2.49. The molecule has 16 heavy (non-hydrogen) atoms. The van der Waals surface area contributed by atoms with E-state index in [2.05, 4.69) is 5.16 Å². The maximum atomic E-state index is 10.8. The summed E-state index contributed by atoms with van der Waals surface area (Å²) in [5.41, 5.74) is 6.15. The minimum Gasteiger partial charge on any atom is -0.497 e. The second-order valence-corrected chi connectivity index (χ2v) is 3.25. The van der Waals surface area contributed by atoms with Crippen molar-refractivity contribution < 1.29 is 19.2 Å². The highest BCUT2D eigenvalue weighted by molar-refractivity contribution is 5.86. The standard InChI is InChI=1S/C10H10N2O4/c1-15-5-2-3-7-6(4-5)9(12-16-7)8(11)10(13)14/h2-4,8H,11H2,1H3,(H,13,14)/t8-/m0/s1. The van der Waals surface area contributed by atoms with Gasteiger partial charge < -0.3 is 20.1 Å². The molecule has 6 heteroatoms. The Balaban J connectivity index is 2.57. The number of rotatable bonds is 3. The van der Waals surface area contributed by atoms with Crippen LogP contribution in [0, 0.1) is 0 Å². The number of aromatic nitrogens is 1. The van der Waals surface area contributed by atoms with Gasteiger partial charge in [-0.05, 0) is 18.2 Å². The Hall–Kier alpha value is -2.08. The summed E-state index contributed by atoms with van der Waals surface area (Å²) in [6.45, 7) is 0. The summed E-state index contributed by atoms with van der Waals surface area (Å²) in [4.78, 5) is 10.8. The first-order valence-electron chi connectivity index (χ1n) is 4.55. The van der Waals surface area contributed by atoms with Gasteiger partial charge in [-0.1, -0.05) is 5.16 Å². The van der Waals surface area contributed by atoms with Gasteiger partial charge in [-0.15, -0.1) is 0 Å². The van der Waals surface area contributed by atoms with Crippen molar-refractivity contribution in [3.63, 3.8) is 0 Å². The third-order valence-corrected chi connectivity index (χ3v) is 2.27. The summed E-state index contributed by atoms with van der Waals surface area (Å²) in [6, 6.07) is 3.79. The van der Waals surface area contributed by atoms with E-state index in [1.54, 1.807) is 18.2 Å². The molecule has 84 valence electrons. The van der Waals surface area contributed by atoms with Crippen molar-refractivity contribution in [3.8, 4) is 5.75 Å². The van der Waals surface area contributed by atoms with Crippen molar-refractivity contribution >= 4 is 16.9 Å². The molecule has 0 saturated carbocycles. The van der Waals surface area contributed by atoms with Crippen molar-refractivity contribution in [2.45, 2.75) is 6.04 Å². The van der Waals surface area contributed by atoms with Crippen LogP contribution < -0.4 is 10.5 Å². The highest BCUT2D eigenvalue weighted by atomic mass is 16.5. The molecule has 0 saturated heterocycles. The van der Waals surface area contributed by atoms with Gasteiger partial charge in [0, 0.05) is 0 Å². The first-order valence-corrected chi connectivity index (χ1v) is 4.55. The molecule has 0 radical (unpaired) electrons. The van der Waals surface area contributed by atoms with Crippen molar-refractivity contribution in [1.82, 2.24) is 5.16 Å². The van der Waals surface area contributed by atoms with Crippen molar-refractivity contribution in [3.05, 3.63) is 23.9 Å². The summed E-state index contributed by atoms with van der Waals surface area (Å²) < 4.78 is 10.0. The first kappa shape index (κ1) is 10.4. The van der Waals surface area contributed by atoms with E-state index >= 15 is 0 Å². The zero-order valence-electron chi connectivity index (χ0n) is 8.51. The molecule has 0 aliphatic rings. The summed E-state index contributed by atoms with van der Waals surface area (Å²) in [5.74, 6) is -0.562. The van der Waals surface area contributed by atoms with Gasteiger partial charge in [0.15, 0.2) is 11.6 Å². The molecule has 2 rings (SSSR count). The number of ether oxygens (including phenoxy) is 1. The van der Waals surface area contributed by atoms with Gasteiger partial charge in [0.25, 0.3) is 0 Å². The van der Waals surface area contributed by atoms with Crippen molar-refractivity contribution in [2.24, 2.45) is 5.73 Å². The van der Waals surface area contributed by atoms with Crippen molar-refractivity contribution in [2.75, 3.05) is 7.11 Å². The number of carboxylic acids is 1. The fraction of sp³-hybridized carbons (Fsp3) is 0.200. The average molecular weight is 222 g/mol. The average Bonchev–Trinajstić information content (AvgIpc) is 2.70. The van der Waals surface area contributed by atoms with Gasteiger partial charge in [-0.3, -0.25) is 4.79 Å². The van der Waals surface area contributed by atoms with Crippen LogP contribution in [0.15, 0.2) is 22.7 Å². The zero-order chi connectivity index (χ0) is 11.7. The zero-order valence-corrected chi connectivity index (χ0v) is 8.51. The predicted octanol–water partition coefficient (Wildman–Crippen LogP) is 0.921. The molecular weight excluding hydrogens is 212 g/mol. The molecule has 1 atom stereocenters. The molecule has 1 aromatic carbocycles. The molecule has 0 bridgehead atoms. The molecule has 0 amide bonds. The smallest absolute Gasteiger partial charge is 0.326 e. The molecule has 2 aromatic rings. The fourth-order valence-electron chi connectivity index (χ4n) is 1.40. The Bertz CT molecular complexity index is 535. The van der Waals surface area contributed by atoms with Gasteiger partial charge in [0.2, 0.25) is 0 Å². The lowest BCUT2D eigenvalue weighted by atomic mass is 10.1. The fourth-order valence-corrected chi connectivity index (χ4v) is 1.40. The van der Waals surface area contributed by atoms with Crippen LogP contribution in [-0.2, 0) is 4.79 Å². The molecule has 0 aliphatic heterocycles. The van der Waals surface area contributed by atoms with E-state index in [9.17, 15) is 4.79 Å². The number of carboxylic acid groups (broad SMARTS) is 1. The highest BCUT2D eigenvalue weighted by Crippen LogP contribution is 2.26. The van der Waals surface area contributed by atoms with Gasteiger partial charge in [-0.2, -0.15) is 0 Å². The summed E-state index contributed by atoms with van der Waals surface area (Å²) in [6.07, 6.45) is 0. The van der Waals surface area contributed by atoms with E-state index in [1.807, 2.05) is 0 Å². The van der Waals surface area contributed by atoms with Gasteiger partial charge in [0.1, 0.15) is 11.4 Å². The maximum absolute atomic E-state index is 10.8. The number of fused-ring (bicyclic) bond motifs is 1. The normalized spacial score (nSPS) is 12.6. The summed E-state index contributed by atoms with van der Waals surface area (Å²) in [5, 5.41) is 13.0. The van der Waals surface area contributed by atoms with E-state index in [4.69, 9.17) is 20.1 Å². The predicted molar refractivity (Wildman–Crippen MR) is 55.1 cm³/mol. The van der Waals surface area contributed by atoms with E-state index in [0.717, 1.165) is 0 Å². The molecular formula is C10H10N2O4. The minimum atomic E-state index is -1.20. The van der Waals surface area contributed by atoms with Crippen LogP contribution in [0.4, 0.5) is 0 Å².